The van der Waals surface area contributed by atoms with E-state index in [-0.39, 0.29) is 0 Å². The summed E-state index contributed by atoms with van der Waals surface area (Å²) in [5.41, 5.74) is 4.19. The molecule has 1 nitrogen and oxygen atoms in total. The van der Waals surface area contributed by atoms with E-state index in [1.807, 2.05) is 0 Å². The van der Waals surface area contributed by atoms with E-state index in [4.69, 9.17) is 0 Å². The Kier molecular flexibility index (Phi) is 4.85. The first-order valence-corrected chi connectivity index (χ1v) is 6.44. The summed E-state index contributed by atoms with van der Waals surface area (Å²) in [4.78, 5) is 0. The molecule has 0 aliphatic rings. The predicted molar refractivity (Wildman–Crippen MR) is 73.4 cm³/mol. The zero-order valence-electron chi connectivity index (χ0n) is 11.3. The van der Waals surface area contributed by atoms with Crippen LogP contribution in [0.25, 0.3) is 0 Å². The molecule has 0 spiro atoms. The van der Waals surface area contributed by atoms with E-state index in [9.17, 15) is 0 Å². The van der Waals surface area contributed by atoms with E-state index in [0.717, 1.165) is 6.54 Å². The van der Waals surface area contributed by atoms with Crippen LogP contribution < -0.4 is 5.32 Å². The topological polar surface area (TPSA) is 12.0 Å². The number of hydrogen-bond acceptors (Lipinski definition) is 1. The van der Waals surface area contributed by atoms with Crippen molar-refractivity contribution in [1.29, 1.82) is 0 Å². The molecule has 1 N–H and O–H groups in total. The van der Waals surface area contributed by atoms with E-state index in [1.54, 1.807) is 0 Å². The standard InChI is InChI=1S/C15H25N/c1-6-9-16-15-8-7-13(11(2)3)10-14(15)12(4)5/h7-8,10-12,16H,6,9H2,1-5H3. The molecule has 0 aliphatic carbocycles. The number of rotatable bonds is 5. The van der Waals surface area contributed by atoms with Gasteiger partial charge in [-0.25, -0.2) is 0 Å². The van der Waals surface area contributed by atoms with Gasteiger partial charge in [-0.15, -0.1) is 0 Å². The lowest BCUT2D eigenvalue weighted by molar-refractivity contribution is 0.832. The van der Waals surface area contributed by atoms with Crippen LogP contribution in [0.3, 0.4) is 0 Å². The summed E-state index contributed by atoms with van der Waals surface area (Å²) in [6.07, 6.45) is 1.17. The summed E-state index contributed by atoms with van der Waals surface area (Å²) in [5, 5.41) is 3.51. The molecule has 90 valence electrons. The molecule has 0 amide bonds. The van der Waals surface area contributed by atoms with Gasteiger partial charge in [-0.1, -0.05) is 46.8 Å². The van der Waals surface area contributed by atoms with Crippen molar-refractivity contribution < 1.29 is 0 Å². The highest BCUT2D eigenvalue weighted by atomic mass is 14.9. The van der Waals surface area contributed by atoms with Gasteiger partial charge in [-0.3, -0.25) is 0 Å². The highest BCUT2D eigenvalue weighted by Crippen LogP contribution is 2.28. The average molecular weight is 219 g/mol. The van der Waals surface area contributed by atoms with Crippen LogP contribution >= 0.6 is 0 Å². The van der Waals surface area contributed by atoms with Crippen molar-refractivity contribution >= 4 is 5.69 Å². The zero-order valence-corrected chi connectivity index (χ0v) is 11.3. The van der Waals surface area contributed by atoms with Gasteiger partial charge in [0.2, 0.25) is 0 Å². The summed E-state index contributed by atoms with van der Waals surface area (Å²) in [6.45, 7) is 12.3. The lowest BCUT2D eigenvalue weighted by Gasteiger charge is -2.17. The van der Waals surface area contributed by atoms with Gasteiger partial charge in [0.05, 0.1) is 0 Å². The molecule has 1 rings (SSSR count). The van der Waals surface area contributed by atoms with E-state index < -0.39 is 0 Å². The summed E-state index contributed by atoms with van der Waals surface area (Å²) in [6, 6.07) is 6.84. The molecule has 0 fully saturated rings. The molecule has 0 atom stereocenters. The molecular weight excluding hydrogens is 194 g/mol. The molecule has 0 aromatic heterocycles. The van der Waals surface area contributed by atoms with Crippen LogP contribution in [0.4, 0.5) is 5.69 Å². The molecule has 0 heterocycles. The van der Waals surface area contributed by atoms with Crippen LogP contribution in [-0.2, 0) is 0 Å². The first kappa shape index (κ1) is 13.1. The summed E-state index contributed by atoms with van der Waals surface area (Å²) in [7, 11) is 0. The van der Waals surface area contributed by atoms with Gasteiger partial charge in [0, 0.05) is 12.2 Å². The summed E-state index contributed by atoms with van der Waals surface area (Å²) < 4.78 is 0. The van der Waals surface area contributed by atoms with Crippen molar-refractivity contribution in [3.05, 3.63) is 29.3 Å². The Bertz CT molecular complexity index is 326. The molecule has 0 bridgehead atoms. The highest BCUT2D eigenvalue weighted by Gasteiger charge is 2.08. The molecule has 0 aliphatic heterocycles. The number of benzene rings is 1. The fraction of sp³-hybridized carbons (Fsp3) is 0.600. The summed E-state index contributed by atoms with van der Waals surface area (Å²) >= 11 is 0. The molecule has 0 radical (unpaired) electrons. The minimum Gasteiger partial charge on any atom is -0.385 e. The van der Waals surface area contributed by atoms with Gasteiger partial charge < -0.3 is 5.32 Å². The van der Waals surface area contributed by atoms with Crippen molar-refractivity contribution in [2.45, 2.75) is 52.9 Å². The Morgan fingerprint density at radius 1 is 1.06 bits per heavy atom. The summed E-state index contributed by atoms with van der Waals surface area (Å²) in [5.74, 6) is 1.19. The second-order valence-electron chi connectivity index (χ2n) is 5.08. The SMILES string of the molecule is CCCNc1ccc(C(C)C)cc1C(C)C. The number of anilines is 1. The highest BCUT2D eigenvalue weighted by molar-refractivity contribution is 5.54. The molecule has 1 aromatic rings. The Balaban J connectivity index is 2.99. The maximum atomic E-state index is 3.51. The van der Waals surface area contributed by atoms with E-state index >= 15 is 0 Å². The predicted octanol–water partition coefficient (Wildman–Crippen LogP) is 4.76. The smallest absolute Gasteiger partial charge is 0.0375 e. The minimum absolute atomic E-state index is 0.582. The van der Waals surface area contributed by atoms with Gasteiger partial charge >= 0.3 is 0 Å². The third-order valence-corrected chi connectivity index (χ3v) is 2.93. The average Bonchev–Trinajstić information content (AvgIpc) is 2.25. The van der Waals surface area contributed by atoms with Crippen molar-refractivity contribution in [1.82, 2.24) is 0 Å². The zero-order chi connectivity index (χ0) is 12.1. The van der Waals surface area contributed by atoms with Crippen LogP contribution in [0.1, 0.15) is 64.0 Å². The van der Waals surface area contributed by atoms with Gasteiger partial charge in [0.1, 0.15) is 0 Å². The van der Waals surface area contributed by atoms with Crippen molar-refractivity contribution in [2.75, 3.05) is 11.9 Å². The molecule has 0 saturated carbocycles. The fourth-order valence-electron chi connectivity index (χ4n) is 1.84. The Labute approximate surface area is 100 Å². The second-order valence-corrected chi connectivity index (χ2v) is 5.08. The first-order chi connectivity index (χ1) is 7.56. The quantitative estimate of drug-likeness (QED) is 0.753. The van der Waals surface area contributed by atoms with E-state index in [0.29, 0.717) is 11.8 Å². The van der Waals surface area contributed by atoms with Gasteiger partial charge in [0.15, 0.2) is 0 Å². The van der Waals surface area contributed by atoms with Crippen LogP contribution in [0.2, 0.25) is 0 Å². The maximum Gasteiger partial charge on any atom is 0.0375 e. The molecule has 1 aromatic carbocycles. The lowest BCUT2D eigenvalue weighted by atomic mass is 9.94. The van der Waals surface area contributed by atoms with Crippen LogP contribution in [0.5, 0.6) is 0 Å². The molecule has 0 saturated heterocycles. The number of hydrogen-bond donors (Lipinski definition) is 1. The Morgan fingerprint density at radius 3 is 2.25 bits per heavy atom. The van der Waals surface area contributed by atoms with E-state index in [1.165, 1.54) is 23.2 Å². The normalized spacial score (nSPS) is 11.2. The minimum atomic E-state index is 0.582. The van der Waals surface area contributed by atoms with Crippen LogP contribution in [0.15, 0.2) is 18.2 Å². The molecule has 16 heavy (non-hydrogen) atoms. The molecule has 0 unspecified atom stereocenters. The van der Waals surface area contributed by atoms with Crippen molar-refractivity contribution in [3.63, 3.8) is 0 Å². The maximum absolute atomic E-state index is 3.51. The van der Waals surface area contributed by atoms with Crippen molar-refractivity contribution in [2.24, 2.45) is 0 Å². The van der Waals surface area contributed by atoms with Gasteiger partial charge in [-0.05, 0) is 35.4 Å². The second kappa shape index (κ2) is 5.93. The van der Waals surface area contributed by atoms with Crippen LogP contribution in [-0.4, -0.2) is 6.54 Å². The van der Waals surface area contributed by atoms with Crippen LogP contribution in [0, 0.1) is 0 Å². The lowest BCUT2D eigenvalue weighted by Crippen LogP contribution is -2.05. The van der Waals surface area contributed by atoms with E-state index in [2.05, 4.69) is 58.1 Å². The third-order valence-electron chi connectivity index (χ3n) is 2.93. The molecule has 1 heteroatoms. The van der Waals surface area contributed by atoms with Gasteiger partial charge in [-0.2, -0.15) is 0 Å². The monoisotopic (exact) mass is 219 g/mol. The third kappa shape index (κ3) is 3.26. The largest absolute Gasteiger partial charge is 0.385 e. The fourth-order valence-corrected chi connectivity index (χ4v) is 1.84. The number of nitrogens with one attached hydrogen (secondary N) is 1. The Morgan fingerprint density at radius 2 is 1.75 bits per heavy atom. The van der Waals surface area contributed by atoms with Crippen molar-refractivity contribution in [3.8, 4) is 0 Å². The first-order valence-electron chi connectivity index (χ1n) is 6.44. The van der Waals surface area contributed by atoms with Gasteiger partial charge in [0.25, 0.3) is 0 Å². The molecular formula is C15H25N. The Hall–Kier alpha value is -0.980.